The van der Waals surface area contributed by atoms with Gasteiger partial charge < -0.3 is 4.74 Å². The Morgan fingerprint density at radius 3 is 3.07 bits per heavy atom. The van der Waals surface area contributed by atoms with Crippen molar-refractivity contribution >= 4 is 15.9 Å². The van der Waals surface area contributed by atoms with Crippen molar-refractivity contribution < 1.29 is 9.57 Å². The lowest BCUT2D eigenvalue weighted by Gasteiger charge is -2.15. The summed E-state index contributed by atoms with van der Waals surface area (Å²) >= 11 is 3.53. The summed E-state index contributed by atoms with van der Waals surface area (Å²) in [5.41, 5.74) is 1.19. The predicted octanol–water partition coefficient (Wildman–Crippen LogP) is 2.60. The van der Waals surface area contributed by atoms with Crippen molar-refractivity contribution in [2.45, 2.75) is 13.0 Å². The van der Waals surface area contributed by atoms with Gasteiger partial charge in [0.1, 0.15) is 5.75 Å². The zero-order chi connectivity index (χ0) is 10.7. The van der Waals surface area contributed by atoms with Gasteiger partial charge in [-0.2, -0.15) is 5.06 Å². The van der Waals surface area contributed by atoms with Gasteiger partial charge in [0.25, 0.3) is 0 Å². The normalized spacial score (nSPS) is 16.9. The van der Waals surface area contributed by atoms with Crippen LogP contribution in [0.4, 0.5) is 0 Å². The number of ether oxygens (including phenoxy) is 1. The Hall–Kier alpha value is -0.580. The molecule has 82 valence electrons. The third-order valence-corrected chi connectivity index (χ3v) is 3.20. The summed E-state index contributed by atoms with van der Waals surface area (Å²) in [5.74, 6) is 0.882. The summed E-state index contributed by atoms with van der Waals surface area (Å²) in [6.07, 6.45) is 1.11. The molecule has 0 aliphatic carbocycles. The Kier molecular flexibility index (Phi) is 3.61. The number of nitrogens with zero attached hydrogens (tertiary/aromatic N) is 1. The average Bonchev–Trinajstić information content (AvgIpc) is 2.74. The summed E-state index contributed by atoms with van der Waals surface area (Å²) in [6.45, 7) is 2.64. The van der Waals surface area contributed by atoms with Crippen molar-refractivity contribution in [1.29, 1.82) is 0 Å². The number of hydrogen-bond acceptors (Lipinski definition) is 3. The fraction of sp³-hybridized carbons (Fsp3) is 0.455. The Morgan fingerprint density at radius 1 is 1.53 bits per heavy atom. The van der Waals surface area contributed by atoms with Gasteiger partial charge in [-0.1, -0.05) is 15.9 Å². The van der Waals surface area contributed by atoms with Crippen LogP contribution in [0.1, 0.15) is 12.0 Å². The molecule has 1 aromatic carbocycles. The zero-order valence-corrected chi connectivity index (χ0v) is 10.3. The molecule has 1 heterocycles. The van der Waals surface area contributed by atoms with Gasteiger partial charge in [-0.05, 0) is 30.2 Å². The van der Waals surface area contributed by atoms with Gasteiger partial charge in [-0.15, -0.1) is 0 Å². The van der Waals surface area contributed by atoms with E-state index in [1.54, 1.807) is 7.11 Å². The van der Waals surface area contributed by atoms with Gasteiger partial charge in [-0.25, -0.2) is 0 Å². The molecule has 1 fully saturated rings. The highest BCUT2D eigenvalue weighted by Gasteiger charge is 2.14. The summed E-state index contributed by atoms with van der Waals surface area (Å²) in [4.78, 5) is 5.46. The first-order chi connectivity index (χ1) is 7.29. The van der Waals surface area contributed by atoms with Crippen LogP contribution in [0.5, 0.6) is 5.75 Å². The molecular formula is C11H14BrNO2. The quantitative estimate of drug-likeness (QED) is 0.844. The van der Waals surface area contributed by atoms with Crippen molar-refractivity contribution in [2.75, 3.05) is 20.3 Å². The first-order valence-corrected chi connectivity index (χ1v) is 5.79. The van der Waals surface area contributed by atoms with Gasteiger partial charge in [0.2, 0.25) is 0 Å². The van der Waals surface area contributed by atoms with E-state index >= 15 is 0 Å². The van der Waals surface area contributed by atoms with E-state index in [0.717, 1.165) is 36.3 Å². The van der Waals surface area contributed by atoms with Gasteiger partial charge in [0.05, 0.1) is 20.3 Å². The third-order valence-electron chi connectivity index (χ3n) is 2.43. The van der Waals surface area contributed by atoms with Crippen molar-refractivity contribution in [3.8, 4) is 5.75 Å². The molecule has 2 rings (SSSR count). The van der Waals surface area contributed by atoms with Crippen molar-refractivity contribution in [2.24, 2.45) is 0 Å². The Morgan fingerprint density at radius 2 is 2.40 bits per heavy atom. The van der Waals surface area contributed by atoms with Gasteiger partial charge >= 0.3 is 0 Å². The molecule has 0 saturated carbocycles. The van der Waals surface area contributed by atoms with E-state index in [4.69, 9.17) is 9.57 Å². The third kappa shape index (κ3) is 2.71. The molecule has 1 aliphatic rings. The number of benzene rings is 1. The number of hydrogen-bond donors (Lipinski definition) is 0. The minimum Gasteiger partial charge on any atom is -0.497 e. The lowest BCUT2D eigenvalue weighted by Crippen LogP contribution is -2.17. The Balaban J connectivity index is 2.11. The van der Waals surface area contributed by atoms with Crippen LogP contribution in [0, 0.1) is 0 Å². The lowest BCUT2D eigenvalue weighted by molar-refractivity contribution is -0.117. The highest BCUT2D eigenvalue weighted by molar-refractivity contribution is 9.10. The van der Waals surface area contributed by atoms with Crippen LogP contribution in [-0.2, 0) is 11.4 Å². The van der Waals surface area contributed by atoms with E-state index in [9.17, 15) is 0 Å². The van der Waals surface area contributed by atoms with E-state index in [2.05, 4.69) is 15.9 Å². The first kappa shape index (κ1) is 10.9. The predicted molar refractivity (Wildman–Crippen MR) is 61.7 cm³/mol. The van der Waals surface area contributed by atoms with E-state index < -0.39 is 0 Å². The summed E-state index contributed by atoms with van der Waals surface area (Å²) in [6, 6.07) is 5.98. The van der Waals surface area contributed by atoms with Crippen molar-refractivity contribution in [3.05, 3.63) is 28.2 Å². The second kappa shape index (κ2) is 4.96. The minimum atomic E-state index is 0.803. The summed E-state index contributed by atoms with van der Waals surface area (Å²) in [5, 5.41) is 1.99. The molecular weight excluding hydrogens is 258 g/mol. The molecule has 0 bridgehead atoms. The molecule has 15 heavy (non-hydrogen) atoms. The second-order valence-electron chi connectivity index (χ2n) is 3.51. The molecule has 4 heteroatoms. The first-order valence-electron chi connectivity index (χ1n) is 5.00. The molecule has 3 nitrogen and oxygen atoms in total. The topological polar surface area (TPSA) is 21.7 Å². The van der Waals surface area contributed by atoms with Crippen LogP contribution in [0.15, 0.2) is 22.7 Å². The van der Waals surface area contributed by atoms with E-state index in [-0.39, 0.29) is 0 Å². The fourth-order valence-corrected chi connectivity index (χ4v) is 1.99. The average molecular weight is 272 g/mol. The molecule has 1 saturated heterocycles. The minimum absolute atomic E-state index is 0.803. The highest BCUT2D eigenvalue weighted by atomic mass is 79.9. The molecule has 0 unspecified atom stereocenters. The number of methoxy groups -OCH3 is 1. The second-order valence-corrected chi connectivity index (χ2v) is 4.36. The molecule has 1 aliphatic heterocycles. The lowest BCUT2D eigenvalue weighted by atomic mass is 10.2. The SMILES string of the molecule is COc1ccc(Br)c(CN2CCCO2)c1. The zero-order valence-electron chi connectivity index (χ0n) is 8.70. The molecule has 0 atom stereocenters. The maximum atomic E-state index is 5.46. The van der Waals surface area contributed by atoms with Crippen LogP contribution in [0.25, 0.3) is 0 Å². The molecule has 0 N–H and O–H groups in total. The van der Waals surface area contributed by atoms with E-state index in [0.29, 0.717) is 0 Å². The van der Waals surface area contributed by atoms with Gasteiger partial charge in [-0.3, -0.25) is 4.84 Å². The van der Waals surface area contributed by atoms with Gasteiger partial charge in [0.15, 0.2) is 0 Å². The van der Waals surface area contributed by atoms with Crippen molar-refractivity contribution in [3.63, 3.8) is 0 Å². The van der Waals surface area contributed by atoms with Crippen molar-refractivity contribution in [1.82, 2.24) is 5.06 Å². The highest BCUT2D eigenvalue weighted by Crippen LogP contribution is 2.24. The number of halogens is 1. The van der Waals surface area contributed by atoms with Crippen LogP contribution >= 0.6 is 15.9 Å². The number of hydroxylamine groups is 2. The Labute approximate surface area is 98.1 Å². The Bertz CT molecular complexity index is 337. The monoisotopic (exact) mass is 271 g/mol. The van der Waals surface area contributed by atoms with E-state index in [1.807, 2.05) is 23.3 Å². The molecule has 0 aromatic heterocycles. The smallest absolute Gasteiger partial charge is 0.119 e. The van der Waals surface area contributed by atoms with Crippen LogP contribution in [-0.4, -0.2) is 25.3 Å². The number of rotatable bonds is 3. The molecule has 0 amide bonds. The molecule has 0 radical (unpaired) electrons. The maximum Gasteiger partial charge on any atom is 0.119 e. The molecule has 0 spiro atoms. The van der Waals surface area contributed by atoms with Crippen LogP contribution < -0.4 is 4.74 Å². The summed E-state index contributed by atoms with van der Waals surface area (Å²) in [7, 11) is 1.68. The largest absolute Gasteiger partial charge is 0.497 e. The fourth-order valence-electron chi connectivity index (χ4n) is 1.61. The molecule has 1 aromatic rings. The summed E-state index contributed by atoms with van der Waals surface area (Å²) < 4.78 is 6.29. The standard InChI is InChI=1S/C11H14BrNO2/c1-14-10-3-4-11(12)9(7-10)8-13-5-2-6-15-13/h3-4,7H,2,5-6,8H2,1H3. The van der Waals surface area contributed by atoms with Crippen LogP contribution in [0.2, 0.25) is 0 Å². The van der Waals surface area contributed by atoms with Gasteiger partial charge in [0, 0.05) is 11.0 Å². The maximum absolute atomic E-state index is 5.46. The van der Waals surface area contributed by atoms with E-state index in [1.165, 1.54) is 5.56 Å². The van der Waals surface area contributed by atoms with Crippen LogP contribution in [0.3, 0.4) is 0 Å².